The molecule has 0 spiro atoms. The molecule has 1 aromatic rings. The lowest BCUT2D eigenvalue weighted by molar-refractivity contribution is -0.112. The first-order valence-corrected chi connectivity index (χ1v) is 7.03. The van der Waals surface area contributed by atoms with E-state index in [1.807, 2.05) is 0 Å². The third-order valence-electron chi connectivity index (χ3n) is 3.53. The summed E-state index contributed by atoms with van der Waals surface area (Å²) in [5.74, 6) is -0.670. The molecule has 0 N–H and O–H groups in total. The van der Waals surface area contributed by atoms with Crippen molar-refractivity contribution >= 4 is 12.4 Å². The van der Waals surface area contributed by atoms with Crippen LogP contribution in [0.25, 0.3) is 0 Å². The van der Waals surface area contributed by atoms with Gasteiger partial charge >= 0.3 is 6.09 Å². The second-order valence-corrected chi connectivity index (χ2v) is 6.22. The highest BCUT2D eigenvalue weighted by atomic mass is 19.1. The fourth-order valence-corrected chi connectivity index (χ4v) is 2.63. The SMILES string of the molecule is CC(C)(C)OC(=O)N1CC[C@H](c2ccccc2F)[C@@H]1C=O. The van der Waals surface area contributed by atoms with Crippen LogP contribution in [-0.2, 0) is 9.53 Å². The maximum atomic E-state index is 13.9. The number of amides is 1. The molecule has 4 nitrogen and oxygen atoms in total. The van der Waals surface area contributed by atoms with E-state index < -0.39 is 17.7 Å². The highest BCUT2D eigenvalue weighted by Gasteiger charge is 2.40. The van der Waals surface area contributed by atoms with Gasteiger partial charge in [0, 0.05) is 12.5 Å². The number of carbonyl (C=O) groups excluding carboxylic acids is 2. The zero-order valence-corrected chi connectivity index (χ0v) is 12.5. The molecule has 0 aromatic heterocycles. The summed E-state index contributed by atoms with van der Waals surface area (Å²) in [5, 5.41) is 0. The first-order chi connectivity index (χ1) is 9.83. The first-order valence-electron chi connectivity index (χ1n) is 7.03. The molecule has 1 aliphatic heterocycles. The minimum absolute atomic E-state index is 0.323. The quantitative estimate of drug-likeness (QED) is 0.787. The monoisotopic (exact) mass is 293 g/mol. The Bertz CT molecular complexity index is 539. The lowest BCUT2D eigenvalue weighted by Crippen LogP contribution is -2.41. The summed E-state index contributed by atoms with van der Waals surface area (Å²) in [7, 11) is 0. The average molecular weight is 293 g/mol. The minimum Gasteiger partial charge on any atom is -0.444 e. The van der Waals surface area contributed by atoms with E-state index in [4.69, 9.17) is 4.74 Å². The first kappa shape index (κ1) is 15.5. The van der Waals surface area contributed by atoms with E-state index in [-0.39, 0.29) is 11.7 Å². The number of hydrogen-bond donors (Lipinski definition) is 0. The number of halogens is 1. The molecule has 1 heterocycles. The molecular weight excluding hydrogens is 273 g/mol. The van der Waals surface area contributed by atoms with Crippen molar-refractivity contribution in [2.75, 3.05) is 6.54 Å². The van der Waals surface area contributed by atoms with E-state index in [0.717, 1.165) is 0 Å². The minimum atomic E-state index is -0.684. The molecule has 0 bridgehead atoms. The maximum absolute atomic E-state index is 13.9. The molecule has 1 aromatic carbocycles. The number of rotatable bonds is 2. The van der Waals surface area contributed by atoms with Crippen molar-refractivity contribution in [2.45, 2.75) is 44.8 Å². The van der Waals surface area contributed by atoms with Crippen molar-refractivity contribution < 1.29 is 18.7 Å². The Morgan fingerprint density at radius 1 is 1.38 bits per heavy atom. The standard InChI is InChI=1S/C16H20FNO3/c1-16(2,3)21-15(20)18-9-8-12(14(18)10-19)11-6-4-5-7-13(11)17/h4-7,10,12,14H,8-9H2,1-3H3/t12-,14+/m1/s1. The van der Waals surface area contributed by atoms with Gasteiger partial charge < -0.3 is 9.53 Å². The number of benzene rings is 1. The fourth-order valence-electron chi connectivity index (χ4n) is 2.63. The number of carbonyl (C=O) groups is 2. The van der Waals surface area contributed by atoms with Crippen molar-refractivity contribution in [3.63, 3.8) is 0 Å². The molecule has 1 amide bonds. The molecule has 2 rings (SSSR count). The third kappa shape index (κ3) is 3.40. The van der Waals surface area contributed by atoms with Gasteiger partial charge in [0.25, 0.3) is 0 Å². The Hall–Kier alpha value is -1.91. The van der Waals surface area contributed by atoms with Crippen molar-refractivity contribution in [3.8, 4) is 0 Å². The Labute approximate surface area is 123 Å². The van der Waals surface area contributed by atoms with Crippen LogP contribution in [0.2, 0.25) is 0 Å². The molecule has 21 heavy (non-hydrogen) atoms. The summed E-state index contributed by atoms with van der Waals surface area (Å²) in [5.41, 5.74) is -0.152. The van der Waals surface area contributed by atoms with Crippen LogP contribution in [0.5, 0.6) is 0 Å². The Morgan fingerprint density at radius 2 is 2.05 bits per heavy atom. The topological polar surface area (TPSA) is 46.6 Å². The van der Waals surface area contributed by atoms with Gasteiger partial charge in [0.2, 0.25) is 0 Å². The van der Waals surface area contributed by atoms with Gasteiger partial charge in [-0.05, 0) is 38.8 Å². The second kappa shape index (κ2) is 5.84. The van der Waals surface area contributed by atoms with Gasteiger partial charge in [-0.25, -0.2) is 9.18 Å². The van der Waals surface area contributed by atoms with E-state index in [2.05, 4.69) is 0 Å². The fraction of sp³-hybridized carbons (Fsp3) is 0.500. The van der Waals surface area contributed by atoms with Crippen LogP contribution in [0.1, 0.15) is 38.7 Å². The van der Waals surface area contributed by atoms with Gasteiger partial charge in [-0.1, -0.05) is 18.2 Å². The molecule has 0 saturated carbocycles. The highest BCUT2D eigenvalue weighted by molar-refractivity contribution is 5.75. The van der Waals surface area contributed by atoms with Crippen LogP contribution < -0.4 is 0 Å². The van der Waals surface area contributed by atoms with E-state index in [1.165, 1.54) is 11.0 Å². The predicted molar refractivity (Wildman–Crippen MR) is 76.6 cm³/mol. The smallest absolute Gasteiger partial charge is 0.410 e. The summed E-state index contributed by atoms with van der Waals surface area (Å²) < 4.78 is 19.2. The van der Waals surface area contributed by atoms with Crippen LogP contribution >= 0.6 is 0 Å². The lowest BCUT2D eigenvalue weighted by Gasteiger charge is -2.27. The molecule has 2 atom stereocenters. The van der Waals surface area contributed by atoms with E-state index in [9.17, 15) is 14.0 Å². The summed E-state index contributed by atoms with van der Waals surface area (Å²) in [6.07, 6.45) is 0.718. The summed E-state index contributed by atoms with van der Waals surface area (Å²) >= 11 is 0. The van der Waals surface area contributed by atoms with Crippen LogP contribution in [0.15, 0.2) is 24.3 Å². The molecule has 1 saturated heterocycles. The van der Waals surface area contributed by atoms with Crippen LogP contribution in [0.4, 0.5) is 9.18 Å². The number of aldehydes is 1. The van der Waals surface area contributed by atoms with Crippen molar-refractivity contribution in [3.05, 3.63) is 35.6 Å². The molecule has 1 aliphatic rings. The predicted octanol–water partition coefficient (Wildman–Crippen LogP) is 3.12. The molecule has 0 unspecified atom stereocenters. The van der Waals surface area contributed by atoms with Crippen LogP contribution in [-0.4, -0.2) is 35.5 Å². The Morgan fingerprint density at radius 3 is 2.62 bits per heavy atom. The molecule has 0 radical (unpaired) electrons. The molecule has 114 valence electrons. The number of nitrogens with zero attached hydrogens (tertiary/aromatic N) is 1. The third-order valence-corrected chi connectivity index (χ3v) is 3.53. The molecular formula is C16H20FNO3. The Kier molecular flexibility index (Phi) is 4.30. The number of likely N-dealkylation sites (tertiary alicyclic amines) is 1. The van der Waals surface area contributed by atoms with Gasteiger partial charge in [0.1, 0.15) is 17.7 Å². The van der Waals surface area contributed by atoms with Gasteiger partial charge in [0.05, 0.1) is 6.04 Å². The van der Waals surface area contributed by atoms with Gasteiger partial charge in [-0.3, -0.25) is 4.90 Å². The summed E-state index contributed by atoms with van der Waals surface area (Å²) in [6.45, 7) is 5.69. The van der Waals surface area contributed by atoms with Crippen LogP contribution in [0.3, 0.4) is 0 Å². The summed E-state index contributed by atoms with van der Waals surface area (Å²) in [6, 6.07) is 5.69. The number of hydrogen-bond acceptors (Lipinski definition) is 3. The van der Waals surface area contributed by atoms with Crippen molar-refractivity contribution in [1.29, 1.82) is 0 Å². The van der Waals surface area contributed by atoms with Crippen LogP contribution in [0, 0.1) is 5.82 Å². The molecule has 0 aliphatic carbocycles. The lowest BCUT2D eigenvalue weighted by atomic mass is 9.92. The largest absolute Gasteiger partial charge is 0.444 e. The molecule has 1 fully saturated rings. The number of ether oxygens (including phenoxy) is 1. The van der Waals surface area contributed by atoms with Gasteiger partial charge in [-0.2, -0.15) is 0 Å². The van der Waals surface area contributed by atoms with Crippen molar-refractivity contribution in [1.82, 2.24) is 4.90 Å². The average Bonchev–Trinajstić information content (AvgIpc) is 2.80. The Balaban J connectivity index is 2.20. The zero-order valence-electron chi connectivity index (χ0n) is 12.5. The normalized spacial score (nSPS) is 22.2. The van der Waals surface area contributed by atoms with E-state index in [0.29, 0.717) is 24.8 Å². The zero-order chi connectivity index (χ0) is 15.6. The molecule has 5 heteroatoms. The van der Waals surface area contributed by atoms with Gasteiger partial charge in [0.15, 0.2) is 0 Å². The summed E-state index contributed by atoms with van der Waals surface area (Å²) in [4.78, 5) is 24.9. The van der Waals surface area contributed by atoms with E-state index in [1.54, 1.807) is 39.0 Å². The van der Waals surface area contributed by atoms with E-state index >= 15 is 0 Å². The second-order valence-electron chi connectivity index (χ2n) is 6.22. The van der Waals surface area contributed by atoms with Gasteiger partial charge in [-0.15, -0.1) is 0 Å². The van der Waals surface area contributed by atoms with Crippen molar-refractivity contribution in [2.24, 2.45) is 0 Å². The highest BCUT2D eigenvalue weighted by Crippen LogP contribution is 2.34. The maximum Gasteiger partial charge on any atom is 0.410 e.